The molecule has 6 heteroatoms. The summed E-state index contributed by atoms with van der Waals surface area (Å²) in [6.07, 6.45) is 1.60. The Morgan fingerprint density at radius 2 is 2.36 bits per heavy atom. The number of carbonyl (C=O) groups excluding carboxylic acids is 1. The second-order valence-electron chi connectivity index (χ2n) is 5.64. The second-order valence-corrected chi connectivity index (χ2v) is 6.56. The van der Waals surface area contributed by atoms with E-state index < -0.39 is 0 Å². The lowest BCUT2D eigenvalue weighted by Gasteiger charge is -2.31. The molecule has 1 amide bonds. The smallest absolute Gasteiger partial charge is 0.253 e. The Morgan fingerprint density at radius 1 is 1.50 bits per heavy atom. The Morgan fingerprint density at radius 3 is 3.09 bits per heavy atom. The van der Waals surface area contributed by atoms with Crippen LogP contribution in [0.1, 0.15) is 24.4 Å². The lowest BCUT2D eigenvalue weighted by atomic mass is 10.0. The van der Waals surface area contributed by atoms with Gasteiger partial charge in [0.2, 0.25) is 0 Å². The summed E-state index contributed by atoms with van der Waals surface area (Å²) in [5.74, 6) is 0.910. The SMILES string of the molecule is COc1ccc(Br)cc1[C@H]1CCCN1C(=O)[C@@H]1CNCCO1. The van der Waals surface area contributed by atoms with Crippen LogP contribution in [0, 0.1) is 0 Å². The van der Waals surface area contributed by atoms with Crippen LogP contribution in [-0.2, 0) is 9.53 Å². The molecule has 5 nitrogen and oxygen atoms in total. The molecule has 3 rings (SSSR count). The highest BCUT2D eigenvalue weighted by Crippen LogP contribution is 2.38. The van der Waals surface area contributed by atoms with Crippen LogP contribution in [0.3, 0.4) is 0 Å². The summed E-state index contributed by atoms with van der Waals surface area (Å²) < 4.78 is 12.1. The van der Waals surface area contributed by atoms with Crippen LogP contribution >= 0.6 is 15.9 Å². The molecule has 2 heterocycles. The first-order valence-corrected chi connectivity index (χ1v) is 8.46. The van der Waals surface area contributed by atoms with Gasteiger partial charge in [-0.15, -0.1) is 0 Å². The van der Waals surface area contributed by atoms with Gasteiger partial charge in [-0.05, 0) is 31.0 Å². The first-order chi connectivity index (χ1) is 10.7. The van der Waals surface area contributed by atoms with E-state index in [1.54, 1.807) is 7.11 Å². The van der Waals surface area contributed by atoms with Crippen molar-refractivity contribution in [2.45, 2.75) is 25.0 Å². The van der Waals surface area contributed by atoms with Gasteiger partial charge >= 0.3 is 0 Å². The van der Waals surface area contributed by atoms with Gasteiger partial charge in [-0.2, -0.15) is 0 Å². The Bertz CT molecular complexity index is 546. The van der Waals surface area contributed by atoms with Crippen LogP contribution in [0.4, 0.5) is 0 Å². The summed E-state index contributed by atoms with van der Waals surface area (Å²) >= 11 is 3.51. The predicted molar refractivity (Wildman–Crippen MR) is 87.0 cm³/mol. The van der Waals surface area contributed by atoms with Gasteiger partial charge in [0.05, 0.1) is 19.8 Å². The van der Waals surface area contributed by atoms with Crippen molar-refractivity contribution in [3.63, 3.8) is 0 Å². The molecule has 2 fully saturated rings. The van der Waals surface area contributed by atoms with Gasteiger partial charge in [0, 0.05) is 29.7 Å². The Hall–Kier alpha value is -1.11. The maximum atomic E-state index is 12.8. The van der Waals surface area contributed by atoms with Crippen LogP contribution < -0.4 is 10.1 Å². The molecule has 22 heavy (non-hydrogen) atoms. The average Bonchev–Trinajstić information content (AvgIpc) is 3.04. The quantitative estimate of drug-likeness (QED) is 0.887. The number of hydrogen-bond acceptors (Lipinski definition) is 4. The van der Waals surface area contributed by atoms with E-state index in [-0.39, 0.29) is 18.1 Å². The summed E-state index contributed by atoms with van der Waals surface area (Å²) in [7, 11) is 1.67. The van der Waals surface area contributed by atoms with Crippen molar-refractivity contribution >= 4 is 21.8 Å². The molecule has 0 spiro atoms. The number of methoxy groups -OCH3 is 1. The number of ether oxygens (including phenoxy) is 2. The molecule has 2 aliphatic heterocycles. The lowest BCUT2D eigenvalue weighted by molar-refractivity contribution is -0.146. The van der Waals surface area contributed by atoms with Crippen molar-refractivity contribution in [3.05, 3.63) is 28.2 Å². The van der Waals surface area contributed by atoms with Crippen molar-refractivity contribution in [2.75, 3.05) is 33.4 Å². The third kappa shape index (κ3) is 3.14. The maximum Gasteiger partial charge on any atom is 0.253 e. The molecule has 1 aromatic rings. The van der Waals surface area contributed by atoms with E-state index in [2.05, 4.69) is 27.3 Å². The predicted octanol–water partition coefficient (Wildman–Crippen LogP) is 2.11. The summed E-state index contributed by atoms with van der Waals surface area (Å²) in [5.41, 5.74) is 1.06. The third-order valence-corrected chi connectivity index (χ3v) is 4.78. The minimum absolute atomic E-state index is 0.0606. The van der Waals surface area contributed by atoms with E-state index in [0.29, 0.717) is 13.2 Å². The van der Waals surface area contributed by atoms with Crippen molar-refractivity contribution in [2.24, 2.45) is 0 Å². The minimum Gasteiger partial charge on any atom is -0.496 e. The molecule has 0 saturated carbocycles. The van der Waals surface area contributed by atoms with Crippen LogP contribution in [0.5, 0.6) is 5.75 Å². The van der Waals surface area contributed by atoms with Crippen molar-refractivity contribution < 1.29 is 14.3 Å². The number of nitrogens with zero attached hydrogens (tertiary/aromatic N) is 1. The van der Waals surface area contributed by atoms with Crippen LogP contribution in [0.2, 0.25) is 0 Å². The molecule has 0 unspecified atom stereocenters. The maximum absolute atomic E-state index is 12.8. The highest BCUT2D eigenvalue weighted by Gasteiger charge is 2.36. The molecule has 2 aliphatic rings. The first-order valence-electron chi connectivity index (χ1n) is 7.67. The largest absolute Gasteiger partial charge is 0.496 e. The molecule has 2 atom stereocenters. The zero-order chi connectivity index (χ0) is 15.5. The fourth-order valence-electron chi connectivity index (χ4n) is 3.23. The van der Waals surface area contributed by atoms with E-state index >= 15 is 0 Å². The number of rotatable bonds is 3. The molecule has 1 N–H and O–H groups in total. The van der Waals surface area contributed by atoms with E-state index in [4.69, 9.17) is 9.47 Å². The molecule has 0 aromatic heterocycles. The number of likely N-dealkylation sites (tertiary alicyclic amines) is 1. The summed E-state index contributed by atoms with van der Waals surface area (Å²) in [4.78, 5) is 14.7. The molecule has 0 bridgehead atoms. The Kier molecular flexibility index (Phi) is 5.00. The molecule has 0 aliphatic carbocycles. The number of hydrogen-bond donors (Lipinski definition) is 1. The zero-order valence-electron chi connectivity index (χ0n) is 12.7. The molecule has 0 radical (unpaired) electrons. The Balaban J connectivity index is 1.83. The summed E-state index contributed by atoms with van der Waals surface area (Å²) in [6.45, 7) is 2.78. The third-order valence-electron chi connectivity index (χ3n) is 4.29. The molecular weight excluding hydrogens is 348 g/mol. The van der Waals surface area contributed by atoms with Crippen LogP contribution in [-0.4, -0.2) is 50.3 Å². The number of carbonyl (C=O) groups is 1. The van der Waals surface area contributed by atoms with E-state index in [9.17, 15) is 4.79 Å². The van der Waals surface area contributed by atoms with Crippen molar-refractivity contribution in [1.29, 1.82) is 0 Å². The molecular formula is C16H21BrN2O3. The fourth-order valence-corrected chi connectivity index (χ4v) is 3.61. The second kappa shape index (κ2) is 6.98. The van der Waals surface area contributed by atoms with Gasteiger partial charge < -0.3 is 19.7 Å². The van der Waals surface area contributed by atoms with Gasteiger partial charge in [0.1, 0.15) is 11.9 Å². The minimum atomic E-state index is -0.368. The topological polar surface area (TPSA) is 50.8 Å². The van der Waals surface area contributed by atoms with Crippen molar-refractivity contribution in [3.8, 4) is 5.75 Å². The van der Waals surface area contributed by atoms with E-state index in [1.165, 1.54) is 0 Å². The van der Waals surface area contributed by atoms with Crippen LogP contribution in [0.15, 0.2) is 22.7 Å². The van der Waals surface area contributed by atoms with Gasteiger partial charge in [0.25, 0.3) is 5.91 Å². The lowest BCUT2D eigenvalue weighted by Crippen LogP contribution is -2.49. The molecule has 1 aromatic carbocycles. The number of benzene rings is 1. The zero-order valence-corrected chi connectivity index (χ0v) is 14.3. The number of nitrogens with one attached hydrogen (secondary N) is 1. The number of amides is 1. The normalized spacial score (nSPS) is 25.3. The average molecular weight is 369 g/mol. The molecule has 2 saturated heterocycles. The highest BCUT2D eigenvalue weighted by atomic mass is 79.9. The fraction of sp³-hybridized carbons (Fsp3) is 0.562. The Labute approximate surface area is 139 Å². The van der Waals surface area contributed by atoms with E-state index in [1.807, 2.05) is 17.0 Å². The number of halogens is 1. The highest BCUT2D eigenvalue weighted by molar-refractivity contribution is 9.10. The van der Waals surface area contributed by atoms with Gasteiger partial charge in [-0.3, -0.25) is 4.79 Å². The standard InChI is InChI=1S/C16H21BrN2O3/c1-21-14-5-4-11(17)9-12(14)13-3-2-7-19(13)16(20)15-10-18-6-8-22-15/h4-5,9,13,15,18H,2-3,6-8,10H2,1H3/t13-,15+/m1/s1. The number of morpholine rings is 1. The monoisotopic (exact) mass is 368 g/mol. The van der Waals surface area contributed by atoms with Gasteiger partial charge in [-0.25, -0.2) is 0 Å². The van der Waals surface area contributed by atoms with Crippen LogP contribution in [0.25, 0.3) is 0 Å². The van der Waals surface area contributed by atoms with Gasteiger partial charge in [0.15, 0.2) is 0 Å². The van der Waals surface area contributed by atoms with Crippen molar-refractivity contribution in [1.82, 2.24) is 10.2 Å². The summed E-state index contributed by atoms with van der Waals surface area (Å²) in [5, 5.41) is 3.22. The first kappa shape index (κ1) is 15.8. The van der Waals surface area contributed by atoms with E-state index in [0.717, 1.165) is 41.7 Å². The molecule has 120 valence electrons. The summed E-state index contributed by atoms with van der Waals surface area (Å²) in [6, 6.07) is 6.01. The van der Waals surface area contributed by atoms with Gasteiger partial charge in [-0.1, -0.05) is 15.9 Å².